The van der Waals surface area contributed by atoms with Crippen LogP contribution in [0.25, 0.3) is 0 Å². The Labute approximate surface area is 170 Å². The third-order valence-electron chi connectivity index (χ3n) is 5.34. The van der Waals surface area contributed by atoms with Crippen molar-refractivity contribution >= 4 is 21.4 Å². The second kappa shape index (κ2) is 8.51. The topological polar surface area (TPSA) is 72.0 Å². The fraction of sp³-hybridized carbons (Fsp3) is 0.550. The molecule has 1 atom stereocenters. The molecule has 0 aliphatic heterocycles. The summed E-state index contributed by atoms with van der Waals surface area (Å²) in [5.74, 6) is 1.05. The van der Waals surface area contributed by atoms with Crippen LogP contribution >= 0.6 is 11.6 Å². The van der Waals surface area contributed by atoms with Crippen molar-refractivity contribution in [1.82, 2.24) is 9.97 Å². The Bertz CT molecular complexity index is 937. The number of ether oxygens (including phenoxy) is 1. The molecule has 1 aliphatic carbocycles. The van der Waals surface area contributed by atoms with E-state index in [0.717, 1.165) is 25.0 Å². The van der Waals surface area contributed by atoms with Crippen molar-refractivity contribution in [1.29, 1.82) is 0 Å². The minimum absolute atomic E-state index is 0.00389. The SMILES string of the molecule is Cc1[nH]c([C@H](OCC2CCC(C)CC2)c2ccc(F)c(Cl)c2)nc1S(C)(=O)=O. The number of aromatic nitrogens is 2. The third-order valence-corrected chi connectivity index (χ3v) is 6.73. The highest BCUT2D eigenvalue weighted by molar-refractivity contribution is 7.90. The van der Waals surface area contributed by atoms with Crippen LogP contribution in [0.2, 0.25) is 5.02 Å². The molecule has 1 heterocycles. The number of hydrogen-bond acceptors (Lipinski definition) is 4. The Balaban J connectivity index is 1.89. The summed E-state index contributed by atoms with van der Waals surface area (Å²) in [4.78, 5) is 7.31. The maximum absolute atomic E-state index is 13.6. The summed E-state index contributed by atoms with van der Waals surface area (Å²) < 4.78 is 43.8. The Morgan fingerprint density at radius 1 is 1.32 bits per heavy atom. The summed E-state index contributed by atoms with van der Waals surface area (Å²) in [6.45, 7) is 4.45. The zero-order valence-electron chi connectivity index (χ0n) is 16.3. The number of H-pyrrole nitrogens is 1. The van der Waals surface area contributed by atoms with E-state index in [9.17, 15) is 12.8 Å². The first-order chi connectivity index (χ1) is 13.1. The molecule has 1 aromatic heterocycles. The smallest absolute Gasteiger partial charge is 0.194 e. The molecule has 0 spiro atoms. The van der Waals surface area contributed by atoms with Gasteiger partial charge in [-0.3, -0.25) is 0 Å². The van der Waals surface area contributed by atoms with Gasteiger partial charge in [0.2, 0.25) is 0 Å². The lowest BCUT2D eigenvalue weighted by Gasteiger charge is -2.27. The molecule has 1 saturated carbocycles. The first-order valence-electron chi connectivity index (χ1n) is 9.48. The fourth-order valence-electron chi connectivity index (χ4n) is 3.69. The molecule has 28 heavy (non-hydrogen) atoms. The molecule has 0 saturated heterocycles. The molecule has 3 rings (SSSR count). The van der Waals surface area contributed by atoms with Gasteiger partial charge in [0.05, 0.1) is 17.3 Å². The van der Waals surface area contributed by atoms with Crippen LogP contribution in [0, 0.1) is 24.6 Å². The molecular formula is C20H26ClFN2O3S. The molecule has 8 heteroatoms. The molecule has 5 nitrogen and oxygen atoms in total. The Morgan fingerprint density at radius 3 is 2.57 bits per heavy atom. The summed E-state index contributed by atoms with van der Waals surface area (Å²) in [7, 11) is -3.47. The van der Waals surface area contributed by atoms with Crippen molar-refractivity contribution in [2.75, 3.05) is 12.9 Å². The molecule has 0 amide bonds. The van der Waals surface area contributed by atoms with Gasteiger partial charge in [-0.1, -0.05) is 37.4 Å². The van der Waals surface area contributed by atoms with Gasteiger partial charge in [-0.15, -0.1) is 0 Å². The summed E-state index contributed by atoms with van der Waals surface area (Å²) >= 11 is 5.96. The molecular weight excluding hydrogens is 403 g/mol. The molecule has 1 aliphatic rings. The quantitative estimate of drug-likeness (QED) is 0.714. The average molecular weight is 429 g/mol. The molecule has 0 unspecified atom stereocenters. The van der Waals surface area contributed by atoms with Crippen LogP contribution in [0.5, 0.6) is 0 Å². The Kier molecular flexibility index (Phi) is 6.47. The molecule has 2 aromatic rings. The number of rotatable bonds is 6. The number of aryl methyl sites for hydroxylation is 1. The van der Waals surface area contributed by atoms with Crippen molar-refractivity contribution in [3.05, 3.63) is 46.1 Å². The fourth-order valence-corrected chi connectivity index (χ4v) is 4.75. The van der Waals surface area contributed by atoms with Crippen LogP contribution in [0.1, 0.15) is 55.8 Å². The van der Waals surface area contributed by atoms with Crippen LogP contribution in [-0.4, -0.2) is 31.2 Å². The first kappa shape index (κ1) is 21.3. The maximum Gasteiger partial charge on any atom is 0.194 e. The number of nitrogens with one attached hydrogen (secondary N) is 1. The van der Waals surface area contributed by atoms with E-state index in [4.69, 9.17) is 16.3 Å². The summed E-state index contributed by atoms with van der Waals surface area (Å²) in [6.07, 6.45) is 5.03. The minimum Gasteiger partial charge on any atom is -0.365 e. The van der Waals surface area contributed by atoms with E-state index in [0.29, 0.717) is 29.6 Å². The predicted molar refractivity (Wildman–Crippen MR) is 107 cm³/mol. The highest BCUT2D eigenvalue weighted by atomic mass is 35.5. The largest absolute Gasteiger partial charge is 0.365 e. The van der Waals surface area contributed by atoms with Gasteiger partial charge < -0.3 is 9.72 Å². The van der Waals surface area contributed by atoms with Crippen LogP contribution < -0.4 is 0 Å². The second-order valence-corrected chi connectivity index (χ2v) is 10.2. The summed E-state index contributed by atoms with van der Waals surface area (Å²) in [6, 6.07) is 4.37. The zero-order valence-corrected chi connectivity index (χ0v) is 17.9. The minimum atomic E-state index is -3.47. The number of sulfone groups is 1. The second-order valence-electron chi connectivity index (χ2n) is 7.84. The van der Waals surface area contributed by atoms with Gasteiger partial charge in [0.1, 0.15) is 17.7 Å². The number of hydrogen-bond donors (Lipinski definition) is 1. The number of nitrogens with zero attached hydrogens (tertiary/aromatic N) is 1. The lowest BCUT2D eigenvalue weighted by atomic mass is 9.83. The van der Waals surface area contributed by atoms with Gasteiger partial charge in [-0.25, -0.2) is 17.8 Å². The number of benzene rings is 1. The van der Waals surface area contributed by atoms with Gasteiger partial charge in [-0.2, -0.15) is 0 Å². The van der Waals surface area contributed by atoms with Crippen LogP contribution in [0.4, 0.5) is 4.39 Å². The predicted octanol–water partition coefficient (Wildman–Crippen LogP) is 4.85. The Hall–Kier alpha value is -1.44. The monoisotopic (exact) mass is 428 g/mol. The van der Waals surface area contributed by atoms with Crippen molar-refractivity contribution < 1.29 is 17.5 Å². The van der Waals surface area contributed by atoms with Crippen molar-refractivity contribution in [2.24, 2.45) is 11.8 Å². The summed E-state index contributed by atoms with van der Waals surface area (Å²) in [5, 5.41) is -0.0139. The number of halogens is 2. The molecule has 0 radical (unpaired) electrons. The van der Waals surface area contributed by atoms with E-state index in [1.165, 1.54) is 25.0 Å². The van der Waals surface area contributed by atoms with Gasteiger partial charge in [-0.05, 0) is 49.3 Å². The molecule has 1 N–H and O–H groups in total. The maximum atomic E-state index is 13.6. The van der Waals surface area contributed by atoms with E-state index in [2.05, 4.69) is 16.9 Å². The van der Waals surface area contributed by atoms with Crippen LogP contribution in [0.15, 0.2) is 23.2 Å². The first-order valence-corrected chi connectivity index (χ1v) is 11.7. The van der Waals surface area contributed by atoms with E-state index in [-0.39, 0.29) is 10.0 Å². The van der Waals surface area contributed by atoms with E-state index in [1.54, 1.807) is 13.0 Å². The number of aromatic amines is 1. The van der Waals surface area contributed by atoms with Crippen molar-refractivity contribution in [3.8, 4) is 0 Å². The highest BCUT2D eigenvalue weighted by Crippen LogP contribution is 2.33. The highest BCUT2D eigenvalue weighted by Gasteiger charge is 2.26. The lowest BCUT2D eigenvalue weighted by Crippen LogP contribution is -2.20. The van der Waals surface area contributed by atoms with Crippen LogP contribution in [0.3, 0.4) is 0 Å². The molecule has 0 bridgehead atoms. The zero-order chi connectivity index (χ0) is 20.5. The van der Waals surface area contributed by atoms with Crippen molar-refractivity contribution in [2.45, 2.75) is 50.7 Å². The van der Waals surface area contributed by atoms with Gasteiger partial charge in [0.25, 0.3) is 0 Å². The molecule has 154 valence electrons. The van der Waals surface area contributed by atoms with Crippen molar-refractivity contribution in [3.63, 3.8) is 0 Å². The standard InChI is InChI=1S/C20H26ClFN2O3S/c1-12-4-6-14(7-5-12)11-27-18(15-8-9-17(22)16(21)10-15)19-23-13(2)20(24-19)28(3,25)26/h8-10,12,14,18H,4-7,11H2,1-3H3,(H,23,24)/t12?,14?,18-/m1/s1. The van der Waals surface area contributed by atoms with E-state index in [1.807, 2.05) is 0 Å². The third kappa shape index (κ3) is 4.93. The number of imidazole rings is 1. The Morgan fingerprint density at radius 2 is 2.00 bits per heavy atom. The average Bonchev–Trinajstić information content (AvgIpc) is 3.01. The van der Waals surface area contributed by atoms with Crippen LogP contribution in [-0.2, 0) is 14.6 Å². The lowest BCUT2D eigenvalue weighted by molar-refractivity contribution is 0.0338. The van der Waals surface area contributed by atoms with Gasteiger partial charge in [0.15, 0.2) is 14.9 Å². The normalized spacial score (nSPS) is 21.6. The molecule has 1 fully saturated rings. The van der Waals surface area contributed by atoms with E-state index >= 15 is 0 Å². The summed E-state index contributed by atoms with van der Waals surface area (Å²) in [5.41, 5.74) is 1.08. The van der Waals surface area contributed by atoms with Gasteiger partial charge in [0, 0.05) is 6.26 Å². The van der Waals surface area contributed by atoms with Gasteiger partial charge >= 0.3 is 0 Å². The molecule has 1 aromatic carbocycles. The van der Waals surface area contributed by atoms with E-state index < -0.39 is 21.8 Å².